The van der Waals surface area contributed by atoms with Gasteiger partial charge in [0.15, 0.2) is 0 Å². The molecule has 148 valence electrons. The van der Waals surface area contributed by atoms with Crippen LogP contribution in [0.5, 0.6) is 5.75 Å². The molecule has 0 radical (unpaired) electrons. The van der Waals surface area contributed by atoms with Crippen molar-refractivity contribution in [3.63, 3.8) is 0 Å². The van der Waals surface area contributed by atoms with Gasteiger partial charge in [-0.15, -0.1) is 0 Å². The van der Waals surface area contributed by atoms with Crippen LogP contribution in [0.2, 0.25) is 0 Å². The zero-order valence-corrected chi connectivity index (χ0v) is 16.2. The third-order valence-electron chi connectivity index (χ3n) is 5.16. The lowest BCUT2D eigenvalue weighted by Gasteiger charge is -2.18. The molecule has 28 heavy (non-hydrogen) atoms. The van der Waals surface area contributed by atoms with Gasteiger partial charge in [0.2, 0.25) is 5.91 Å². The van der Waals surface area contributed by atoms with Gasteiger partial charge in [0.05, 0.1) is 6.54 Å². The van der Waals surface area contributed by atoms with Crippen LogP contribution in [-0.2, 0) is 24.3 Å². The van der Waals surface area contributed by atoms with Crippen molar-refractivity contribution in [1.82, 2.24) is 20.0 Å². The number of nitrogens with one attached hydrogen (secondary N) is 1. The Bertz CT molecular complexity index is 872. The van der Waals surface area contributed by atoms with E-state index in [1.165, 1.54) is 0 Å². The number of aromatic nitrogens is 2. The lowest BCUT2D eigenvalue weighted by atomic mass is 10.0. The quantitative estimate of drug-likeness (QED) is 0.831. The smallest absolute Gasteiger partial charge is 0.274 e. The van der Waals surface area contributed by atoms with Crippen molar-refractivity contribution < 1.29 is 14.3 Å². The molecule has 2 aliphatic rings. The topological polar surface area (TPSA) is 76.5 Å². The van der Waals surface area contributed by atoms with E-state index in [0.717, 1.165) is 36.3 Å². The zero-order chi connectivity index (χ0) is 19.5. The SMILES string of the molecule is CCn1ccc(C(=O)N2CCOc3ccc(CCC(=O)NC4CC4)cc3C2)n1. The molecular weight excluding hydrogens is 356 g/mol. The molecule has 2 aromatic rings. The van der Waals surface area contributed by atoms with Crippen LogP contribution in [0.15, 0.2) is 30.5 Å². The summed E-state index contributed by atoms with van der Waals surface area (Å²) in [7, 11) is 0. The maximum atomic E-state index is 12.8. The molecule has 0 unspecified atom stereocenters. The van der Waals surface area contributed by atoms with E-state index in [1.807, 2.05) is 25.3 Å². The van der Waals surface area contributed by atoms with Crippen molar-refractivity contribution in [2.24, 2.45) is 0 Å². The van der Waals surface area contributed by atoms with Gasteiger partial charge in [0.25, 0.3) is 5.91 Å². The Morgan fingerprint density at radius 3 is 2.89 bits per heavy atom. The predicted octanol–water partition coefficient (Wildman–Crippen LogP) is 2.15. The number of hydrogen-bond donors (Lipinski definition) is 1. The maximum Gasteiger partial charge on any atom is 0.274 e. The number of rotatable bonds is 6. The van der Waals surface area contributed by atoms with E-state index in [2.05, 4.69) is 16.5 Å². The Hall–Kier alpha value is -2.83. The van der Waals surface area contributed by atoms with Crippen LogP contribution in [0.3, 0.4) is 0 Å². The minimum Gasteiger partial charge on any atom is -0.491 e. The highest BCUT2D eigenvalue weighted by Crippen LogP contribution is 2.26. The summed E-state index contributed by atoms with van der Waals surface area (Å²) in [5, 5.41) is 7.34. The molecule has 1 fully saturated rings. The lowest BCUT2D eigenvalue weighted by molar-refractivity contribution is -0.121. The Kier molecular flexibility index (Phi) is 5.32. The zero-order valence-electron chi connectivity index (χ0n) is 16.2. The van der Waals surface area contributed by atoms with E-state index in [-0.39, 0.29) is 11.8 Å². The van der Waals surface area contributed by atoms with Crippen LogP contribution in [0.25, 0.3) is 0 Å². The van der Waals surface area contributed by atoms with Crippen LogP contribution < -0.4 is 10.1 Å². The number of hydrogen-bond acceptors (Lipinski definition) is 4. The number of carbonyl (C=O) groups excluding carboxylic acids is 2. The molecule has 7 nitrogen and oxygen atoms in total. The second-order valence-electron chi connectivity index (χ2n) is 7.42. The fourth-order valence-electron chi connectivity index (χ4n) is 3.38. The number of nitrogens with zero attached hydrogens (tertiary/aromatic N) is 3. The Morgan fingerprint density at radius 2 is 2.14 bits per heavy atom. The Balaban J connectivity index is 1.43. The summed E-state index contributed by atoms with van der Waals surface area (Å²) in [6.07, 6.45) is 5.18. The molecular formula is C21H26N4O3. The summed E-state index contributed by atoms with van der Waals surface area (Å²) < 4.78 is 7.58. The standard InChI is InChI=1S/C21H26N4O3/c1-2-25-10-9-18(23-25)21(27)24-11-12-28-19-7-3-15(13-16(19)14-24)4-8-20(26)22-17-5-6-17/h3,7,9-10,13,17H,2,4-6,8,11-12,14H2,1H3,(H,22,26). The van der Waals surface area contributed by atoms with E-state index in [0.29, 0.717) is 44.3 Å². The normalized spacial score (nSPS) is 16.1. The van der Waals surface area contributed by atoms with Gasteiger partial charge in [-0.1, -0.05) is 12.1 Å². The molecule has 1 N–H and O–H groups in total. The molecule has 2 amide bonds. The Labute approximate surface area is 164 Å². The first-order valence-corrected chi connectivity index (χ1v) is 9.99. The summed E-state index contributed by atoms with van der Waals surface area (Å²) >= 11 is 0. The molecule has 0 atom stereocenters. The molecule has 1 aromatic carbocycles. The molecule has 1 saturated carbocycles. The molecule has 0 saturated heterocycles. The maximum absolute atomic E-state index is 12.8. The number of benzene rings is 1. The molecule has 0 bridgehead atoms. The number of fused-ring (bicyclic) bond motifs is 1. The monoisotopic (exact) mass is 382 g/mol. The summed E-state index contributed by atoms with van der Waals surface area (Å²) in [5.74, 6) is 0.829. The van der Waals surface area contributed by atoms with E-state index in [4.69, 9.17) is 4.74 Å². The van der Waals surface area contributed by atoms with Crippen molar-refractivity contribution in [2.75, 3.05) is 13.2 Å². The second kappa shape index (κ2) is 8.04. The van der Waals surface area contributed by atoms with E-state index < -0.39 is 0 Å². The van der Waals surface area contributed by atoms with Crippen molar-refractivity contribution in [3.8, 4) is 5.75 Å². The van der Waals surface area contributed by atoms with Crippen LogP contribution in [-0.4, -0.2) is 45.7 Å². The average molecular weight is 382 g/mol. The van der Waals surface area contributed by atoms with Gasteiger partial charge >= 0.3 is 0 Å². The number of amides is 2. The molecule has 4 rings (SSSR count). The van der Waals surface area contributed by atoms with E-state index >= 15 is 0 Å². The first kappa shape index (κ1) is 18.5. The fraction of sp³-hybridized carbons (Fsp3) is 0.476. The third-order valence-corrected chi connectivity index (χ3v) is 5.16. The minimum absolute atomic E-state index is 0.0853. The minimum atomic E-state index is -0.0853. The highest BCUT2D eigenvalue weighted by Gasteiger charge is 2.24. The molecule has 1 aromatic heterocycles. The van der Waals surface area contributed by atoms with Crippen molar-refractivity contribution >= 4 is 11.8 Å². The Morgan fingerprint density at radius 1 is 1.29 bits per heavy atom. The second-order valence-corrected chi connectivity index (χ2v) is 7.42. The van der Waals surface area contributed by atoms with Gasteiger partial charge in [-0.2, -0.15) is 5.10 Å². The van der Waals surface area contributed by atoms with Gasteiger partial charge < -0.3 is 15.0 Å². The lowest BCUT2D eigenvalue weighted by Crippen LogP contribution is -2.32. The number of ether oxygens (including phenoxy) is 1. The molecule has 2 heterocycles. The van der Waals surface area contributed by atoms with Crippen molar-refractivity contribution in [1.29, 1.82) is 0 Å². The third kappa shape index (κ3) is 4.35. The van der Waals surface area contributed by atoms with E-state index in [1.54, 1.807) is 15.6 Å². The number of carbonyl (C=O) groups is 2. The molecule has 7 heteroatoms. The van der Waals surface area contributed by atoms with Gasteiger partial charge in [-0.25, -0.2) is 0 Å². The predicted molar refractivity (Wildman–Crippen MR) is 104 cm³/mol. The highest BCUT2D eigenvalue weighted by molar-refractivity contribution is 5.92. The average Bonchev–Trinajstić information content (AvgIpc) is 3.43. The number of aryl methyl sites for hydroxylation is 2. The largest absolute Gasteiger partial charge is 0.491 e. The fourth-order valence-corrected chi connectivity index (χ4v) is 3.38. The van der Waals surface area contributed by atoms with Crippen molar-refractivity contribution in [3.05, 3.63) is 47.3 Å². The molecule has 1 aliphatic carbocycles. The molecule has 1 aliphatic heterocycles. The first-order chi connectivity index (χ1) is 13.6. The van der Waals surface area contributed by atoms with Gasteiger partial charge in [-0.05, 0) is 43.9 Å². The highest BCUT2D eigenvalue weighted by atomic mass is 16.5. The van der Waals surface area contributed by atoms with Crippen LogP contribution in [0.4, 0.5) is 0 Å². The van der Waals surface area contributed by atoms with E-state index in [9.17, 15) is 9.59 Å². The van der Waals surface area contributed by atoms with Crippen LogP contribution in [0, 0.1) is 0 Å². The van der Waals surface area contributed by atoms with Gasteiger partial charge in [0.1, 0.15) is 18.1 Å². The van der Waals surface area contributed by atoms with Gasteiger partial charge in [-0.3, -0.25) is 14.3 Å². The summed E-state index contributed by atoms with van der Waals surface area (Å²) in [6.45, 7) is 4.18. The van der Waals surface area contributed by atoms with Crippen LogP contribution >= 0.6 is 0 Å². The van der Waals surface area contributed by atoms with Gasteiger partial charge in [0, 0.05) is 37.3 Å². The van der Waals surface area contributed by atoms with Crippen molar-refractivity contribution in [2.45, 2.75) is 51.7 Å². The molecule has 0 spiro atoms. The first-order valence-electron chi connectivity index (χ1n) is 9.99. The summed E-state index contributed by atoms with van der Waals surface area (Å²) in [6, 6.07) is 8.15. The summed E-state index contributed by atoms with van der Waals surface area (Å²) in [5.41, 5.74) is 2.51. The van der Waals surface area contributed by atoms with Crippen LogP contribution in [0.1, 0.15) is 47.8 Å². The summed E-state index contributed by atoms with van der Waals surface area (Å²) in [4.78, 5) is 26.6.